The zero-order chi connectivity index (χ0) is 17.3. The van der Waals surface area contributed by atoms with Gasteiger partial charge in [0.25, 0.3) is 15.9 Å². The van der Waals surface area contributed by atoms with E-state index >= 15 is 0 Å². The summed E-state index contributed by atoms with van der Waals surface area (Å²) in [5, 5.41) is 3.08. The van der Waals surface area contributed by atoms with Gasteiger partial charge in [-0.05, 0) is 68.2 Å². The number of fused-ring (bicyclic) bond motifs is 2. The second-order valence-corrected chi connectivity index (χ2v) is 8.56. The number of hydrogen-bond donors (Lipinski definition) is 2. The van der Waals surface area contributed by atoms with Gasteiger partial charge in [0.05, 0.1) is 12.0 Å². The van der Waals surface area contributed by atoms with E-state index in [0.29, 0.717) is 11.5 Å². The third kappa shape index (κ3) is 3.48. The molecule has 4 unspecified atom stereocenters. The van der Waals surface area contributed by atoms with Crippen LogP contribution < -0.4 is 10.2 Å². The molecule has 2 bridgehead atoms. The molecule has 2 aliphatic carbocycles. The monoisotopic (exact) mass is 352 g/mol. The van der Waals surface area contributed by atoms with Gasteiger partial charge in [-0.1, -0.05) is 11.3 Å². The maximum Gasteiger partial charge on any atom is 0.262 e. The first-order chi connectivity index (χ1) is 11.4. The van der Waals surface area contributed by atoms with Crippen molar-refractivity contribution in [1.82, 2.24) is 10.2 Å². The van der Waals surface area contributed by atoms with Crippen LogP contribution >= 0.6 is 0 Å². The molecule has 2 saturated carbocycles. The number of nitrogens with one attached hydrogen (secondary N) is 2. The summed E-state index contributed by atoms with van der Waals surface area (Å²) in [6, 6.07) is 5.99. The number of sulfonamides is 1. The summed E-state index contributed by atoms with van der Waals surface area (Å²) < 4.78 is 23.6. The molecule has 6 nitrogen and oxygen atoms in total. The van der Waals surface area contributed by atoms with Gasteiger partial charge in [-0.15, -0.1) is 0 Å². The molecule has 3 rings (SSSR count). The molecule has 0 aromatic heterocycles. The molecular formula is C17H24N2O4S. The van der Waals surface area contributed by atoms with Crippen LogP contribution in [0.5, 0.6) is 0 Å². The van der Waals surface area contributed by atoms with Gasteiger partial charge in [0.1, 0.15) is 0 Å². The van der Waals surface area contributed by atoms with Crippen molar-refractivity contribution < 1.29 is 18.0 Å². The number of amides is 1. The largest absolute Gasteiger partial charge is 0.349 e. The van der Waals surface area contributed by atoms with Gasteiger partial charge >= 0.3 is 0 Å². The lowest BCUT2D eigenvalue weighted by molar-refractivity contribution is 0.0915. The predicted octanol–water partition coefficient (Wildman–Crippen LogP) is 2.08. The minimum Gasteiger partial charge on any atom is -0.349 e. The Morgan fingerprint density at radius 3 is 2.46 bits per heavy atom. The van der Waals surface area contributed by atoms with Crippen LogP contribution in [0, 0.1) is 17.8 Å². The Balaban J connectivity index is 1.63. The highest BCUT2D eigenvalue weighted by molar-refractivity contribution is 7.89. The molecular weight excluding hydrogens is 328 g/mol. The van der Waals surface area contributed by atoms with Crippen LogP contribution in [0.3, 0.4) is 0 Å². The zero-order valence-electron chi connectivity index (χ0n) is 14.0. The van der Waals surface area contributed by atoms with Crippen LogP contribution in [0.25, 0.3) is 0 Å². The molecule has 2 fully saturated rings. The number of carbonyl (C=O) groups excluding carboxylic acids is 1. The fraction of sp³-hybridized carbons (Fsp3) is 0.588. The Bertz CT molecular complexity index is 702. The van der Waals surface area contributed by atoms with E-state index in [4.69, 9.17) is 0 Å². The number of benzene rings is 1. The van der Waals surface area contributed by atoms with E-state index in [2.05, 4.69) is 17.1 Å². The highest BCUT2D eigenvalue weighted by Crippen LogP contribution is 2.49. The van der Waals surface area contributed by atoms with Crippen molar-refractivity contribution in [2.24, 2.45) is 17.8 Å². The Morgan fingerprint density at radius 1 is 1.21 bits per heavy atom. The third-order valence-corrected chi connectivity index (χ3v) is 6.69. The van der Waals surface area contributed by atoms with Crippen LogP contribution in [0.15, 0.2) is 29.2 Å². The lowest BCUT2D eigenvalue weighted by Gasteiger charge is -2.28. The van der Waals surface area contributed by atoms with E-state index in [-0.39, 0.29) is 16.8 Å². The van der Waals surface area contributed by atoms with Gasteiger partial charge in [-0.2, -0.15) is 0 Å². The summed E-state index contributed by atoms with van der Waals surface area (Å²) in [4.78, 5) is 18.9. The lowest BCUT2D eigenvalue weighted by atomic mass is 9.84. The molecule has 1 amide bonds. The molecule has 1 aromatic carbocycles. The zero-order valence-corrected chi connectivity index (χ0v) is 14.8. The summed E-state index contributed by atoms with van der Waals surface area (Å²) >= 11 is 0. The standard InChI is InChI=1S/C17H24N2O4S/c1-11(16-10-12-3-4-14(16)9-12)18-17(20)13-5-7-15(8-6-13)24(21,22)19-23-2/h5-8,11-12,14,16,19H,3-4,9-10H2,1-2H3,(H,18,20). The van der Waals surface area contributed by atoms with Gasteiger partial charge in [0.15, 0.2) is 0 Å². The Morgan fingerprint density at radius 2 is 1.92 bits per heavy atom. The molecule has 1 aromatic rings. The van der Waals surface area contributed by atoms with Gasteiger partial charge in [-0.3, -0.25) is 9.63 Å². The summed E-state index contributed by atoms with van der Waals surface area (Å²) in [5.41, 5.74) is 0.460. The third-order valence-electron chi connectivity index (χ3n) is 5.41. The second-order valence-electron chi connectivity index (χ2n) is 6.92. The van der Waals surface area contributed by atoms with Crippen molar-refractivity contribution in [2.75, 3.05) is 7.11 Å². The molecule has 0 radical (unpaired) electrons. The summed E-state index contributed by atoms with van der Waals surface area (Å²) in [5.74, 6) is 2.00. The van der Waals surface area contributed by atoms with E-state index in [1.54, 1.807) is 0 Å². The maximum atomic E-state index is 12.4. The SMILES string of the molecule is CONS(=O)(=O)c1ccc(C(=O)NC(C)C2CC3CCC2C3)cc1. The van der Waals surface area contributed by atoms with Crippen molar-refractivity contribution in [1.29, 1.82) is 0 Å². The van der Waals surface area contributed by atoms with Crippen LogP contribution in [0.2, 0.25) is 0 Å². The van der Waals surface area contributed by atoms with Crippen LogP contribution in [-0.4, -0.2) is 27.5 Å². The smallest absolute Gasteiger partial charge is 0.262 e. The first-order valence-corrected chi connectivity index (χ1v) is 9.84. The predicted molar refractivity (Wildman–Crippen MR) is 89.6 cm³/mol. The molecule has 4 atom stereocenters. The van der Waals surface area contributed by atoms with Crippen molar-refractivity contribution in [2.45, 2.75) is 43.5 Å². The van der Waals surface area contributed by atoms with Gasteiger partial charge in [0.2, 0.25) is 0 Å². The van der Waals surface area contributed by atoms with Crippen molar-refractivity contribution in [3.63, 3.8) is 0 Å². The van der Waals surface area contributed by atoms with Crippen LogP contribution in [0.1, 0.15) is 43.0 Å². The highest BCUT2D eigenvalue weighted by atomic mass is 32.2. The molecule has 0 spiro atoms. The molecule has 132 valence electrons. The number of carbonyl (C=O) groups is 1. The van der Waals surface area contributed by atoms with Gasteiger partial charge in [0, 0.05) is 11.6 Å². The van der Waals surface area contributed by atoms with Crippen molar-refractivity contribution in [3.8, 4) is 0 Å². The minimum absolute atomic E-state index is 0.0575. The minimum atomic E-state index is -3.70. The summed E-state index contributed by atoms with van der Waals surface area (Å²) in [6.45, 7) is 2.07. The molecule has 0 aliphatic heterocycles. The van der Waals surface area contributed by atoms with Crippen molar-refractivity contribution in [3.05, 3.63) is 29.8 Å². The van der Waals surface area contributed by atoms with Crippen LogP contribution in [0.4, 0.5) is 0 Å². The molecule has 7 heteroatoms. The van der Waals surface area contributed by atoms with Gasteiger partial charge < -0.3 is 5.32 Å². The van der Waals surface area contributed by atoms with Crippen molar-refractivity contribution >= 4 is 15.9 Å². The lowest BCUT2D eigenvalue weighted by Crippen LogP contribution is -2.40. The van der Waals surface area contributed by atoms with E-state index in [0.717, 1.165) is 11.8 Å². The van der Waals surface area contributed by atoms with Gasteiger partial charge in [-0.25, -0.2) is 8.42 Å². The van der Waals surface area contributed by atoms with E-state index in [1.807, 2.05) is 4.89 Å². The quantitative estimate of drug-likeness (QED) is 0.768. The first-order valence-electron chi connectivity index (χ1n) is 8.36. The number of rotatable bonds is 6. The average Bonchev–Trinajstić information content (AvgIpc) is 3.18. The molecule has 2 aliphatic rings. The molecule has 24 heavy (non-hydrogen) atoms. The maximum absolute atomic E-state index is 12.4. The number of hydrogen-bond acceptors (Lipinski definition) is 4. The molecule has 0 saturated heterocycles. The Kier molecular flexibility index (Phi) is 4.94. The summed E-state index contributed by atoms with van der Waals surface area (Å²) in [6.07, 6.45) is 5.15. The first kappa shape index (κ1) is 17.4. The van der Waals surface area contributed by atoms with E-state index in [1.165, 1.54) is 57.1 Å². The fourth-order valence-electron chi connectivity index (χ4n) is 4.25. The highest BCUT2D eigenvalue weighted by Gasteiger charge is 2.42. The fourth-order valence-corrected chi connectivity index (χ4v) is 5.06. The summed E-state index contributed by atoms with van der Waals surface area (Å²) in [7, 11) is -2.47. The van der Waals surface area contributed by atoms with E-state index < -0.39 is 10.0 Å². The second kappa shape index (κ2) is 6.82. The molecule has 0 heterocycles. The average molecular weight is 352 g/mol. The Hall–Kier alpha value is -1.44. The van der Waals surface area contributed by atoms with E-state index in [9.17, 15) is 13.2 Å². The normalized spacial score (nSPS) is 27.2. The topological polar surface area (TPSA) is 84.5 Å². The Labute approximate surface area is 143 Å². The molecule has 2 N–H and O–H groups in total. The van der Waals surface area contributed by atoms with Crippen LogP contribution in [-0.2, 0) is 14.9 Å².